The molecular weight excluding hydrogens is 314 g/mol. The Labute approximate surface area is 139 Å². The molecular formula is C19H20F2O3. The first kappa shape index (κ1) is 18.1. The van der Waals surface area contributed by atoms with Crippen LogP contribution in [0, 0.1) is 17.6 Å². The van der Waals surface area contributed by atoms with Crippen LogP contribution in [-0.4, -0.2) is 17.5 Å². The Kier molecular flexibility index (Phi) is 6.04. The zero-order valence-corrected chi connectivity index (χ0v) is 13.6. The molecule has 24 heavy (non-hydrogen) atoms. The zero-order chi connectivity index (χ0) is 17.7. The third-order valence-electron chi connectivity index (χ3n) is 3.51. The first-order chi connectivity index (χ1) is 11.4. The minimum Gasteiger partial charge on any atom is -0.482 e. The molecule has 1 atom stereocenters. The summed E-state index contributed by atoms with van der Waals surface area (Å²) in [5, 5.41) is 9.56. The summed E-state index contributed by atoms with van der Waals surface area (Å²) in [6.07, 6.45) is -0.513. The van der Waals surface area contributed by atoms with Gasteiger partial charge in [0.25, 0.3) is 0 Å². The maximum absolute atomic E-state index is 13.6. The van der Waals surface area contributed by atoms with Crippen molar-refractivity contribution in [2.24, 2.45) is 5.92 Å². The molecule has 3 nitrogen and oxygen atoms in total. The predicted octanol–water partition coefficient (Wildman–Crippen LogP) is 4.31. The number of Topliss-reactive ketones (excluding diaryl/α,β-unsaturated/α-hetero) is 1. The molecule has 2 aromatic carbocycles. The summed E-state index contributed by atoms with van der Waals surface area (Å²) in [5.41, 5.74) is 0.802. The molecule has 0 aliphatic heterocycles. The number of ketones is 1. The van der Waals surface area contributed by atoms with Gasteiger partial charge in [0.15, 0.2) is 5.78 Å². The largest absolute Gasteiger partial charge is 0.482 e. The Morgan fingerprint density at radius 1 is 1.08 bits per heavy atom. The molecule has 2 aromatic rings. The van der Waals surface area contributed by atoms with Gasteiger partial charge in [-0.2, -0.15) is 0 Å². The van der Waals surface area contributed by atoms with Crippen LogP contribution >= 0.6 is 0 Å². The van der Waals surface area contributed by atoms with E-state index in [0.29, 0.717) is 12.0 Å². The third-order valence-corrected chi connectivity index (χ3v) is 3.51. The van der Waals surface area contributed by atoms with Crippen molar-refractivity contribution in [3.63, 3.8) is 0 Å². The van der Waals surface area contributed by atoms with E-state index in [0.717, 1.165) is 6.07 Å². The van der Waals surface area contributed by atoms with Crippen LogP contribution < -0.4 is 4.74 Å². The minimum atomic E-state index is -0.821. The van der Waals surface area contributed by atoms with Crippen LogP contribution in [0.5, 0.6) is 5.75 Å². The molecule has 2 rings (SSSR count). The van der Waals surface area contributed by atoms with Crippen LogP contribution in [0.2, 0.25) is 0 Å². The highest BCUT2D eigenvalue weighted by molar-refractivity contribution is 5.98. The number of carbonyl (C=O) groups excluding carboxylic acids is 1. The van der Waals surface area contributed by atoms with Crippen LogP contribution in [0.1, 0.15) is 42.3 Å². The van der Waals surface area contributed by atoms with Crippen molar-refractivity contribution in [1.29, 1.82) is 0 Å². The highest BCUT2D eigenvalue weighted by Gasteiger charge is 2.19. The maximum Gasteiger partial charge on any atom is 0.166 e. The quantitative estimate of drug-likeness (QED) is 0.768. The van der Waals surface area contributed by atoms with Gasteiger partial charge in [-0.3, -0.25) is 4.79 Å². The van der Waals surface area contributed by atoms with Crippen molar-refractivity contribution in [2.75, 3.05) is 6.61 Å². The summed E-state index contributed by atoms with van der Waals surface area (Å²) in [6, 6.07) is 9.16. The smallest absolute Gasteiger partial charge is 0.166 e. The van der Waals surface area contributed by atoms with E-state index in [-0.39, 0.29) is 29.6 Å². The number of hydrogen-bond acceptors (Lipinski definition) is 3. The van der Waals surface area contributed by atoms with Crippen LogP contribution in [0.25, 0.3) is 0 Å². The SMILES string of the molecule is CC(C)CC(=O)c1ccc(F)cc1OC(CO)c1ccc(F)cc1. The molecule has 0 amide bonds. The van der Waals surface area contributed by atoms with Crippen LogP contribution in [0.15, 0.2) is 42.5 Å². The standard InChI is InChI=1S/C19H20F2O3/c1-12(2)9-17(23)16-8-7-15(21)10-18(16)24-19(11-22)13-3-5-14(20)6-4-13/h3-8,10,12,19,22H,9,11H2,1-2H3. The highest BCUT2D eigenvalue weighted by Crippen LogP contribution is 2.28. The Hall–Kier alpha value is -2.27. The summed E-state index contributed by atoms with van der Waals surface area (Å²) < 4.78 is 32.3. The lowest BCUT2D eigenvalue weighted by Crippen LogP contribution is -2.15. The van der Waals surface area contributed by atoms with E-state index in [1.807, 2.05) is 13.8 Å². The van der Waals surface area contributed by atoms with Crippen molar-refractivity contribution in [2.45, 2.75) is 26.4 Å². The number of ether oxygens (including phenoxy) is 1. The van der Waals surface area contributed by atoms with Gasteiger partial charge in [0.1, 0.15) is 23.5 Å². The second-order valence-electron chi connectivity index (χ2n) is 6.00. The van der Waals surface area contributed by atoms with Gasteiger partial charge in [-0.1, -0.05) is 26.0 Å². The molecule has 0 bridgehead atoms. The van der Waals surface area contributed by atoms with E-state index < -0.39 is 17.7 Å². The number of aliphatic hydroxyl groups excluding tert-OH is 1. The molecule has 128 valence electrons. The van der Waals surface area contributed by atoms with Crippen molar-refractivity contribution < 1.29 is 23.4 Å². The summed E-state index contributed by atoms with van der Waals surface area (Å²) >= 11 is 0. The summed E-state index contributed by atoms with van der Waals surface area (Å²) in [4.78, 5) is 12.3. The number of rotatable bonds is 7. The first-order valence-corrected chi connectivity index (χ1v) is 7.76. The van der Waals surface area contributed by atoms with Gasteiger partial charge in [0.2, 0.25) is 0 Å². The van der Waals surface area contributed by atoms with E-state index in [9.17, 15) is 18.7 Å². The fourth-order valence-corrected chi connectivity index (χ4v) is 2.35. The van der Waals surface area contributed by atoms with E-state index in [2.05, 4.69) is 0 Å². The molecule has 0 aliphatic rings. The minimum absolute atomic E-state index is 0.0732. The number of hydrogen-bond donors (Lipinski definition) is 1. The van der Waals surface area contributed by atoms with E-state index in [1.54, 1.807) is 0 Å². The zero-order valence-electron chi connectivity index (χ0n) is 13.6. The fraction of sp³-hybridized carbons (Fsp3) is 0.316. The molecule has 1 N–H and O–H groups in total. The Bertz CT molecular complexity index is 696. The Morgan fingerprint density at radius 3 is 2.29 bits per heavy atom. The van der Waals surface area contributed by atoms with Crippen LogP contribution in [0.4, 0.5) is 8.78 Å². The van der Waals surface area contributed by atoms with Gasteiger partial charge in [-0.05, 0) is 35.7 Å². The lowest BCUT2D eigenvalue weighted by molar-refractivity contribution is 0.0939. The second-order valence-corrected chi connectivity index (χ2v) is 6.00. The first-order valence-electron chi connectivity index (χ1n) is 7.76. The van der Waals surface area contributed by atoms with Crippen molar-refractivity contribution >= 4 is 5.78 Å². The Balaban J connectivity index is 2.30. The maximum atomic E-state index is 13.6. The lowest BCUT2D eigenvalue weighted by Gasteiger charge is -2.19. The van der Waals surface area contributed by atoms with Gasteiger partial charge < -0.3 is 9.84 Å². The molecule has 1 unspecified atom stereocenters. The van der Waals surface area contributed by atoms with Crippen LogP contribution in [-0.2, 0) is 0 Å². The molecule has 0 aliphatic carbocycles. The number of aliphatic hydroxyl groups is 1. The van der Waals surface area contributed by atoms with E-state index in [4.69, 9.17) is 4.74 Å². The molecule has 0 heterocycles. The molecule has 0 spiro atoms. The average molecular weight is 334 g/mol. The van der Waals surface area contributed by atoms with Gasteiger partial charge in [-0.15, -0.1) is 0 Å². The fourth-order valence-electron chi connectivity index (χ4n) is 2.35. The third kappa shape index (κ3) is 4.61. The second kappa shape index (κ2) is 8.02. The van der Waals surface area contributed by atoms with Crippen molar-refractivity contribution in [3.8, 4) is 5.75 Å². The summed E-state index contributed by atoms with van der Waals surface area (Å²) in [7, 11) is 0. The average Bonchev–Trinajstić information content (AvgIpc) is 2.53. The molecule has 0 saturated carbocycles. The summed E-state index contributed by atoms with van der Waals surface area (Å²) in [6.45, 7) is 3.44. The Morgan fingerprint density at radius 2 is 1.71 bits per heavy atom. The van der Waals surface area contributed by atoms with Gasteiger partial charge in [-0.25, -0.2) is 8.78 Å². The predicted molar refractivity (Wildman–Crippen MR) is 87.0 cm³/mol. The molecule has 5 heteroatoms. The lowest BCUT2D eigenvalue weighted by atomic mass is 10.0. The number of benzene rings is 2. The van der Waals surface area contributed by atoms with Crippen molar-refractivity contribution in [1.82, 2.24) is 0 Å². The van der Waals surface area contributed by atoms with Crippen LogP contribution in [0.3, 0.4) is 0 Å². The number of halogens is 2. The van der Waals surface area contributed by atoms with E-state index >= 15 is 0 Å². The topological polar surface area (TPSA) is 46.5 Å². The van der Waals surface area contributed by atoms with Crippen molar-refractivity contribution in [3.05, 3.63) is 65.2 Å². The molecule has 0 radical (unpaired) electrons. The normalized spacial score (nSPS) is 12.2. The summed E-state index contributed by atoms with van der Waals surface area (Å²) in [5.74, 6) is -0.878. The van der Waals surface area contributed by atoms with Gasteiger partial charge in [0, 0.05) is 12.5 Å². The molecule has 0 saturated heterocycles. The van der Waals surface area contributed by atoms with Gasteiger partial charge in [0.05, 0.1) is 12.2 Å². The van der Waals surface area contributed by atoms with E-state index in [1.165, 1.54) is 36.4 Å². The molecule has 0 aromatic heterocycles. The monoisotopic (exact) mass is 334 g/mol. The molecule has 0 fully saturated rings. The highest BCUT2D eigenvalue weighted by atomic mass is 19.1. The number of carbonyl (C=O) groups is 1. The van der Waals surface area contributed by atoms with Gasteiger partial charge >= 0.3 is 0 Å².